The Hall–Kier alpha value is -2.30. The van der Waals surface area contributed by atoms with Gasteiger partial charge in [0, 0.05) is 18.9 Å². The number of aryl methyl sites for hydroxylation is 1. The summed E-state index contributed by atoms with van der Waals surface area (Å²) in [6.45, 7) is 2.30. The highest BCUT2D eigenvalue weighted by molar-refractivity contribution is 5.83. The molecule has 0 aliphatic heterocycles. The molecule has 19 heavy (non-hydrogen) atoms. The fourth-order valence-corrected chi connectivity index (χ4v) is 1.87. The van der Waals surface area contributed by atoms with E-state index in [1.54, 1.807) is 4.68 Å². The molecule has 0 aliphatic rings. The minimum absolute atomic E-state index is 0.0312. The summed E-state index contributed by atoms with van der Waals surface area (Å²) >= 11 is 0. The second-order valence-corrected chi connectivity index (χ2v) is 4.59. The summed E-state index contributed by atoms with van der Waals surface area (Å²) in [5.74, 6) is -0.261. The maximum absolute atomic E-state index is 12.0. The van der Waals surface area contributed by atoms with Crippen molar-refractivity contribution in [2.45, 2.75) is 19.4 Å². The predicted octanol–water partition coefficient (Wildman–Crippen LogP) is 1.42. The van der Waals surface area contributed by atoms with E-state index in [1.807, 2.05) is 50.5 Å². The largest absolute Gasteiger partial charge is 0.399 e. The van der Waals surface area contributed by atoms with E-state index in [0.29, 0.717) is 12.2 Å². The minimum Gasteiger partial charge on any atom is -0.399 e. The lowest BCUT2D eigenvalue weighted by molar-refractivity contribution is -0.122. The van der Waals surface area contributed by atoms with Crippen molar-refractivity contribution in [2.24, 2.45) is 7.05 Å². The fraction of sp³-hybridized carbons (Fsp3) is 0.286. The van der Waals surface area contributed by atoms with E-state index in [4.69, 9.17) is 5.73 Å². The van der Waals surface area contributed by atoms with Gasteiger partial charge in [-0.1, -0.05) is 12.1 Å². The third-order valence-electron chi connectivity index (χ3n) is 3.02. The molecule has 0 bridgehead atoms. The first-order valence-corrected chi connectivity index (χ1v) is 6.18. The molecule has 100 valence electrons. The first-order valence-electron chi connectivity index (χ1n) is 6.18. The molecular weight excluding hydrogens is 240 g/mol. The van der Waals surface area contributed by atoms with Crippen LogP contribution in [0.3, 0.4) is 0 Å². The number of nitrogen functional groups attached to an aromatic ring is 1. The molecule has 0 saturated carbocycles. The molecule has 1 aromatic heterocycles. The number of carbonyl (C=O) groups excluding carboxylic acids is 1. The molecule has 0 saturated heterocycles. The fourth-order valence-electron chi connectivity index (χ4n) is 1.87. The number of nitrogens with one attached hydrogen (secondary N) is 1. The Kier molecular flexibility index (Phi) is 3.85. The van der Waals surface area contributed by atoms with Gasteiger partial charge in [0.2, 0.25) is 5.91 Å². The highest BCUT2D eigenvalue weighted by atomic mass is 16.1. The molecular formula is C14H18N4O. The number of hydrogen-bond acceptors (Lipinski definition) is 3. The molecule has 1 aromatic carbocycles. The molecule has 0 radical (unpaired) electrons. The summed E-state index contributed by atoms with van der Waals surface area (Å²) in [7, 11) is 1.85. The van der Waals surface area contributed by atoms with E-state index in [-0.39, 0.29) is 11.8 Å². The van der Waals surface area contributed by atoms with Crippen molar-refractivity contribution in [3.05, 3.63) is 47.8 Å². The van der Waals surface area contributed by atoms with Crippen molar-refractivity contribution in [1.82, 2.24) is 15.1 Å². The Bertz CT molecular complexity index is 576. The number of carbonyl (C=O) groups is 1. The summed E-state index contributed by atoms with van der Waals surface area (Å²) in [6.07, 6.45) is 1.85. The third kappa shape index (κ3) is 3.34. The predicted molar refractivity (Wildman–Crippen MR) is 74.3 cm³/mol. The van der Waals surface area contributed by atoms with Gasteiger partial charge in [-0.05, 0) is 30.7 Å². The Morgan fingerprint density at radius 3 is 2.89 bits per heavy atom. The Labute approximate surface area is 112 Å². The van der Waals surface area contributed by atoms with Gasteiger partial charge in [-0.3, -0.25) is 9.48 Å². The second kappa shape index (κ2) is 5.56. The Morgan fingerprint density at radius 1 is 1.47 bits per heavy atom. The van der Waals surface area contributed by atoms with E-state index in [1.165, 1.54) is 0 Å². The van der Waals surface area contributed by atoms with E-state index >= 15 is 0 Å². The van der Waals surface area contributed by atoms with Gasteiger partial charge in [0.15, 0.2) is 0 Å². The van der Waals surface area contributed by atoms with Crippen molar-refractivity contribution in [3.8, 4) is 0 Å². The number of hydrogen-bond donors (Lipinski definition) is 2. The average molecular weight is 258 g/mol. The molecule has 1 heterocycles. The van der Waals surface area contributed by atoms with Gasteiger partial charge in [-0.2, -0.15) is 5.10 Å². The lowest BCUT2D eigenvalue weighted by Gasteiger charge is -2.12. The van der Waals surface area contributed by atoms with E-state index in [9.17, 15) is 4.79 Å². The second-order valence-electron chi connectivity index (χ2n) is 4.59. The van der Waals surface area contributed by atoms with Crippen LogP contribution in [-0.4, -0.2) is 15.7 Å². The highest BCUT2D eigenvalue weighted by Gasteiger charge is 2.15. The SMILES string of the molecule is CC(C(=O)NCc1ccn(C)n1)c1cccc(N)c1. The van der Waals surface area contributed by atoms with E-state index < -0.39 is 0 Å². The van der Waals surface area contributed by atoms with Crippen molar-refractivity contribution < 1.29 is 4.79 Å². The number of anilines is 1. The quantitative estimate of drug-likeness (QED) is 0.815. The van der Waals surface area contributed by atoms with Gasteiger partial charge in [-0.15, -0.1) is 0 Å². The number of nitrogens with zero attached hydrogens (tertiary/aromatic N) is 2. The lowest BCUT2D eigenvalue weighted by atomic mass is 10.00. The van der Waals surface area contributed by atoms with Crippen molar-refractivity contribution in [2.75, 3.05) is 5.73 Å². The van der Waals surface area contributed by atoms with Gasteiger partial charge in [0.05, 0.1) is 18.2 Å². The molecule has 2 rings (SSSR count). The van der Waals surface area contributed by atoms with Crippen LogP contribution in [0.5, 0.6) is 0 Å². The van der Waals surface area contributed by atoms with Gasteiger partial charge in [0.25, 0.3) is 0 Å². The van der Waals surface area contributed by atoms with E-state index in [0.717, 1.165) is 11.3 Å². The molecule has 0 fully saturated rings. The molecule has 1 unspecified atom stereocenters. The van der Waals surface area contributed by atoms with Crippen molar-refractivity contribution in [1.29, 1.82) is 0 Å². The zero-order valence-corrected chi connectivity index (χ0v) is 11.1. The van der Waals surface area contributed by atoms with Crippen LogP contribution in [0.1, 0.15) is 24.1 Å². The molecule has 5 nitrogen and oxygen atoms in total. The summed E-state index contributed by atoms with van der Waals surface area (Å²) in [4.78, 5) is 12.0. The van der Waals surface area contributed by atoms with Crippen LogP contribution in [0, 0.1) is 0 Å². The lowest BCUT2D eigenvalue weighted by Crippen LogP contribution is -2.27. The van der Waals surface area contributed by atoms with Crippen LogP contribution in [0.2, 0.25) is 0 Å². The molecule has 1 atom stereocenters. The maximum Gasteiger partial charge on any atom is 0.227 e. The van der Waals surface area contributed by atoms with E-state index in [2.05, 4.69) is 10.4 Å². The molecule has 2 aromatic rings. The molecule has 5 heteroatoms. The summed E-state index contributed by atoms with van der Waals surface area (Å²) in [5.41, 5.74) is 8.15. The van der Waals surface area contributed by atoms with Crippen molar-refractivity contribution >= 4 is 11.6 Å². The van der Waals surface area contributed by atoms with Crippen molar-refractivity contribution in [3.63, 3.8) is 0 Å². The van der Waals surface area contributed by atoms with Crippen LogP contribution in [0.4, 0.5) is 5.69 Å². The zero-order chi connectivity index (χ0) is 13.8. The maximum atomic E-state index is 12.0. The van der Waals surface area contributed by atoms with Gasteiger partial charge >= 0.3 is 0 Å². The monoisotopic (exact) mass is 258 g/mol. The first-order chi connectivity index (χ1) is 9.06. The average Bonchev–Trinajstić information content (AvgIpc) is 2.81. The smallest absolute Gasteiger partial charge is 0.227 e. The Balaban J connectivity index is 1.96. The summed E-state index contributed by atoms with van der Waals surface area (Å²) in [6, 6.07) is 9.27. The number of nitrogens with two attached hydrogens (primary N) is 1. The normalized spacial score (nSPS) is 12.1. The number of amides is 1. The topological polar surface area (TPSA) is 72.9 Å². The van der Waals surface area contributed by atoms with Gasteiger partial charge < -0.3 is 11.1 Å². The minimum atomic E-state index is -0.229. The van der Waals surface area contributed by atoms with Gasteiger partial charge in [-0.25, -0.2) is 0 Å². The molecule has 1 amide bonds. The molecule has 0 spiro atoms. The molecule has 0 aliphatic carbocycles. The summed E-state index contributed by atoms with van der Waals surface area (Å²) in [5, 5.41) is 7.09. The molecule has 3 N–H and O–H groups in total. The van der Waals surface area contributed by atoms with Crippen LogP contribution in [0.15, 0.2) is 36.5 Å². The van der Waals surface area contributed by atoms with Gasteiger partial charge in [0.1, 0.15) is 0 Å². The van der Waals surface area contributed by atoms with Crippen LogP contribution >= 0.6 is 0 Å². The summed E-state index contributed by atoms with van der Waals surface area (Å²) < 4.78 is 1.71. The van der Waals surface area contributed by atoms with Crippen LogP contribution < -0.4 is 11.1 Å². The Morgan fingerprint density at radius 2 is 2.26 bits per heavy atom. The third-order valence-corrected chi connectivity index (χ3v) is 3.02. The number of rotatable bonds is 4. The zero-order valence-electron chi connectivity index (χ0n) is 11.1. The van der Waals surface area contributed by atoms with Crippen LogP contribution in [-0.2, 0) is 18.4 Å². The number of aromatic nitrogens is 2. The first kappa shape index (κ1) is 13.1. The standard InChI is InChI=1S/C14H18N4O/c1-10(11-4-3-5-12(15)8-11)14(19)16-9-13-6-7-18(2)17-13/h3-8,10H,9,15H2,1-2H3,(H,16,19). The highest BCUT2D eigenvalue weighted by Crippen LogP contribution is 2.17. The number of benzene rings is 1. The van der Waals surface area contributed by atoms with Crippen LogP contribution in [0.25, 0.3) is 0 Å².